The van der Waals surface area contributed by atoms with E-state index in [0.717, 1.165) is 21.3 Å². The first-order valence-electron chi connectivity index (χ1n) is 5.58. The molecule has 0 saturated carbocycles. The third-order valence-electron chi connectivity index (χ3n) is 2.71. The van der Waals surface area contributed by atoms with Crippen LogP contribution < -0.4 is 9.47 Å². The van der Waals surface area contributed by atoms with E-state index in [1.165, 1.54) is 0 Å². The maximum absolute atomic E-state index is 5.66. The second kappa shape index (κ2) is 5.87. The van der Waals surface area contributed by atoms with Crippen LogP contribution in [-0.4, -0.2) is 12.1 Å². The lowest BCUT2D eigenvalue weighted by atomic mass is 10.1. The van der Waals surface area contributed by atoms with Crippen LogP contribution in [0, 0.1) is 6.92 Å². The molecular formula is C14H14BrNO2. The van der Waals surface area contributed by atoms with Gasteiger partial charge in [-0.15, -0.1) is 0 Å². The Morgan fingerprint density at radius 3 is 2.72 bits per heavy atom. The summed E-state index contributed by atoms with van der Waals surface area (Å²) in [6.45, 7) is 2.47. The second-order valence-corrected chi connectivity index (χ2v) is 4.66. The number of benzene rings is 1. The minimum atomic E-state index is 0.436. The van der Waals surface area contributed by atoms with Crippen LogP contribution in [0.25, 0.3) is 0 Å². The van der Waals surface area contributed by atoms with Crippen molar-refractivity contribution in [3.05, 3.63) is 52.1 Å². The summed E-state index contributed by atoms with van der Waals surface area (Å²) in [7, 11) is 1.66. The number of pyridine rings is 1. The number of nitrogens with zero attached hydrogens (tertiary/aromatic N) is 1. The molecule has 0 saturated heterocycles. The van der Waals surface area contributed by atoms with Gasteiger partial charge >= 0.3 is 0 Å². The van der Waals surface area contributed by atoms with Crippen molar-refractivity contribution in [3.8, 4) is 11.6 Å². The van der Waals surface area contributed by atoms with Gasteiger partial charge in [0.15, 0.2) is 0 Å². The number of ether oxygens (including phenoxy) is 2. The number of rotatable bonds is 4. The van der Waals surface area contributed by atoms with Crippen molar-refractivity contribution in [1.82, 2.24) is 4.98 Å². The zero-order chi connectivity index (χ0) is 13.0. The van der Waals surface area contributed by atoms with E-state index in [9.17, 15) is 0 Å². The molecule has 0 fully saturated rings. The van der Waals surface area contributed by atoms with Crippen molar-refractivity contribution in [2.75, 3.05) is 7.11 Å². The van der Waals surface area contributed by atoms with Gasteiger partial charge in [-0.2, -0.15) is 0 Å². The van der Waals surface area contributed by atoms with Crippen molar-refractivity contribution in [2.45, 2.75) is 13.5 Å². The first-order valence-corrected chi connectivity index (χ1v) is 6.37. The van der Waals surface area contributed by atoms with Crippen LogP contribution in [0.1, 0.15) is 11.1 Å². The molecule has 0 aliphatic heterocycles. The molecule has 0 atom stereocenters. The standard InChI is InChI=1S/C14H14BrNO2/c1-10-11(13(17-2)7-6-12(10)15)9-18-14-5-3-4-8-16-14/h3-8H,9H2,1-2H3. The van der Waals surface area contributed by atoms with Gasteiger partial charge in [0.25, 0.3) is 0 Å². The molecular weight excluding hydrogens is 294 g/mol. The Labute approximate surface area is 115 Å². The number of halogens is 1. The summed E-state index contributed by atoms with van der Waals surface area (Å²) in [6.07, 6.45) is 1.71. The minimum Gasteiger partial charge on any atom is -0.496 e. The summed E-state index contributed by atoms with van der Waals surface area (Å²) < 4.78 is 12.1. The second-order valence-electron chi connectivity index (χ2n) is 3.81. The van der Waals surface area contributed by atoms with Gasteiger partial charge in [0.05, 0.1) is 7.11 Å². The molecule has 1 aromatic heterocycles. The van der Waals surface area contributed by atoms with E-state index in [2.05, 4.69) is 20.9 Å². The van der Waals surface area contributed by atoms with E-state index < -0.39 is 0 Å². The van der Waals surface area contributed by atoms with Gasteiger partial charge in [0, 0.05) is 22.3 Å². The Hall–Kier alpha value is -1.55. The van der Waals surface area contributed by atoms with Crippen molar-refractivity contribution in [1.29, 1.82) is 0 Å². The predicted molar refractivity (Wildman–Crippen MR) is 74.0 cm³/mol. The van der Waals surface area contributed by atoms with Crippen molar-refractivity contribution < 1.29 is 9.47 Å². The van der Waals surface area contributed by atoms with E-state index >= 15 is 0 Å². The molecule has 0 unspecified atom stereocenters. The third kappa shape index (κ3) is 2.82. The summed E-state index contributed by atoms with van der Waals surface area (Å²) in [5.41, 5.74) is 2.14. The molecule has 0 radical (unpaired) electrons. The molecule has 0 amide bonds. The molecule has 2 aromatic rings. The van der Waals surface area contributed by atoms with Gasteiger partial charge < -0.3 is 9.47 Å². The van der Waals surface area contributed by atoms with Gasteiger partial charge in [-0.05, 0) is 30.7 Å². The molecule has 1 heterocycles. The SMILES string of the molecule is COc1ccc(Br)c(C)c1COc1ccccn1. The summed E-state index contributed by atoms with van der Waals surface area (Å²) in [6, 6.07) is 9.48. The highest BCUT2D eigenvalue weighted by Gasteiger charge is 2.10. The zero-order valence-corrected chi connectivity index (χ0v) is 11.9. The van der Waals surface area contributed by atoms with Crippen LogP contribution in [-0.2, 0) is 6.61 Å². The molecule has 2 rings (SSSR count). The molecule has 0 bridgehead atoms. The fraction of sp³-hybridized carbons (Fsp3) is 0.214. The smallest absolute Gasteiger partial charge is 0.213 e. The highest BCUT2D eigenvalue weighted by molar-refractivity contribution is 9.10. The minimum absolute atomic E-state index is 0.436. The highest BCUT2D eigenvalue weighted by Crippen LogP contribution is 2.29. The monoisotopic (exact) mass is 307 g/mol. The van der Waals surface area contributed by atoms with Crippen LogP contribution in [0.4, 0.5) is 0 Å². The molecule has 94 valence electrons. The van der Waals surface area contributed by atoms with Crippen molar-refractivity contribution >= 4 is 15.9 Å². The molecule has 1 aromatic carbocycles. The average molecular weight is 308 g/mol. The van der Waals surface area contributed by atoms with Gasteiger partial charge in [0.2, 0.25) is 5.88 Å². The maximum Gasteiger partial charge on any atom is 0.213 e. The Morgan fingerprint density at radius 1 is 1.22 bits per heavy atom. The molecule has 0 aliphatic rings. The van der Waals surface area contributed by atoms with Gasteiger partial charge in [0.1, 0.15) is 12.4 Å². The quantitative estimate of drug-likeness (QED) is 0.862. The van der Waals surface area contributed by atoms with Crippen molar-refractivity contribution in [2.24, 2.45) is 0 Å². The molecule has 0 aliphatic carbocycles. The number of methoxy groups -OCH3 is 1. The lowest BCUT2D eigenvalue weighted by Crippen LogP contribution is -2.02. The third-order valence-corrected chi connectivity index (χ3v) is 3.57. The summed E-state index contributed by atoms with van der Waals surface area (Å²) in [5, 5.41) is 0. The van der Waals surface area contributed by atoms with Crippen LogP contribution >= 0.6 is 15.9 Å². The largest absolute Gasteiger partial charge is 0.496 e. The average Bonchev–Trinajstić information content (AvgIpc) is 2.41. The Bertz CT molecular complexity index is 529. The predicted octanol–water partition coefficient (Wildman–Crippen LogP) is 3.74. The van der Waals surface area contributed by atoms with Gasteiger partial charge in [-0.25, -0.2) is 4.98 Å². The number of aromatic nitrogens is 1. The Balaban J connectivity index is 2.21. The fourth-order valence-corrected chi connectivity index (χ4v) is 2.02. The molecule has 0 spiro atoms. The Morgan fingerprint density at radius 2 is 2.06 bits per heavy atom. The van der Waals surface area contributed by atoms with E-state index in [0.29, 0.717) is 12.5 Å². The fourth-order valence-electron chi connectivity index (χ4n) is 1.65. The first-order chi connectivity index (χ1) is 8.72. The van der Waals surface area contributed by atoms with Crippen molar-refractivity contribution in [3.63, 3.8) is 0 Å². The zero-order valence-electron chi connectivity index (χ0n) is 10.3. The lowest BCUT2D eigenvalue weighted by molar-refractivity contribution is 0.284. The molecule has 0 N–H and O–H groups in total. The lowest BCUT2D eigenvalue weighted by Gasteiger charge is -2.13. The molecule has 3 nitrogen and oxygen atoms in total. The van der Waals surface area contributed by atoms with E-state index in [1.54, 1.807) is 13.3 Å². The van der Waals surface area contributed by atoms with E-state index in [4.69, 9.17) is 9.47 Å². The first kappa shape index (κ1) is 12.9. The number of hydrogen-bond acceptors (Lipinski definition) is 3. The molecule has 4 heteroatoms. The molecule has 18 heavy (non-hydrogen) atoms. The summed E-state index contributed by atoms with van der Waals surface area (Å²) >= 11 is 3.51. The summed E-state index contributed by atoms with van der Waals surface area (Å²) in [5.74, 6) is 1.44. The highest BCUT2D eigenvalue weighted by atomic mass is 79.9. The maximum atomic E-state index is 5.66. The van der Waals surface area contributed by atoms with Crippen LogP contribution in [0.5, 0.6) is 11.6 Å². The van der Waals surface area contributed by atoms with Crippen LogP contribution in [0.3, 0.4) is 0 Å². The topological polar surface area (TPSA) is 31.4 Å². The Kier molecular flexibility index (Phi) is 4.20. The number of hydrogen-bond donors (Lipinski definition) is 0. The van der Waals surface area contributed by atoms with E-state index in [1.807, 2.05) is 37.3 Å². The normalized spacial score (nSPS) is 10.2. The van der Waals surface area contributed by atoms with Crippen LogP contribution in [0.2, 0.25) is 0 Å². The van der Waals surface area contributed by atoms with E-state index in [-0.39, 0.29) is 0 Å². The van der Waals surface area contributed by atoms with Gasteiger partial charge in [-0.1, -0.05) is 22.0 Å². The summed E-state index contributed by atoms with van der Waals surface area (Å²) in [4.78, 5) is 4.13. The van der Waals surface area contributed by atoms with Gasteiger partial charge in [-0.3, -0.25) is 0 Å². The van der Waals surface area contributed by atoms with Crippen LogP contribution in [0.15, 0.2) is 41.0 Å².